The van der Waals surface area contributed by atoms with Crippen molar-refractivity contribution < 1.29 is 5.11 Å². The van der Waals surface area contributed by atoms with Crippen molar-refractivity contribution in [1.29, 1.82) is 0 Å². The number of aliphatic hydroxyl groups is 1. The minimum atomic E-state index is -0.731. The van der Waals surface area contributed by atoms with Crippen LogP contribution in [0.1, 0.15) is 31.2 Å². The lowest BCUT2D eigenvalue weighted by Gasteiger charge is -2.37. The molecular weight excluding hydrogens is 296 g/mol. The highest BCUT2D eigenvalue weighted by molar-refractivity contribution is 5.86. The molecule has 24 heavy (non-hydrogen) atoms. The first-order chi connectivity index (χ1) is 11.7. The van der Waals surface area contributed by atoms with Crippen LogP contribution in [0.4, 0.5) is 0 Å². The zero-order chi connectivity index (χ0) is 16.4. The van der Waals surface area contributed by atoms with E-state index in [9.17, 15) is 5.11 Å². The molecule has 0 aromatic heterocycles. The zero-order valence-electron chi connectivity index (χ0n) is 13.9. The monoisotopic (exact) mass is 320 g/mol. The summed E-state index contributed by atoms with van der Waals surface area (Å²) < 4.78 is 0. The number of hydrogen-bond acceptors (Lipinski definition) is 3. The molecule has 2 aromatic carbocycles. The van der Waals surface area contributed by atoms with E-state index in [1.165, 1.54) is 11.1 Å². The van der Waals surface area contributed by atoms with Gasteiger partial charge in [0.15, 0.2) is 0 Å². The molecule has 0 spiro atoms. The largest absolute Gasteiger partial charge is 0.385 e. The van der Waals surface area contributed by atoms with E-state index in [0.717, 1.165) is 50.2 Å². The molecule has 3 heteroatoms. The summed E-state index contributed by atoms with van der Waals surface area (Å²) in [5.74, 6) is 1.47. The van der Waals surface area contributed by atoms with Gasteiger partial charge in [0.25, 0.3) is 0 Å². The molecule has 124 valence electrons. The maximum atomic E-state index is 11.3. The number of benzene rings is 2. The molecule has 2 atom stereocenters. The molecule has 4 rings (SSSR count). The van der Waals surface area contributed by atoms with Crippen LogP contribution in [0.3, 0.4) is 0 Å². The molecule has 3 nitrogen and oxygen atoms in total. The quantitative estimate of drug-likeness (QED) is 0.905. The fourth-order valence-electron chi connectivity index (χ4n) is 4.04. The predicted octanol–water partition coefficient (Wildman–Crippen LogP) is 3.73. The number of nitrogens with zero attached hydrogens (tertiary/aromatic N) is 1. The van der Waals surface area contributed by atoms with Crippen molar-refractivity contribution in [1.82, 2.24) is 5.32 Å². The fourth-order valence-corrected chi connectivity index (χ4v) is 4.04. The van der Waals surface area contributed by atoms with Crippen molar-refractivity contribution in [2.45, 2.75) is 31.3 Å². The highest BCUT2D eigenvalue weighted by Crippen LogP contribution is 2.41. The van der Waals surface area contributed by atoms with Gasteiger partial charge in [-0.05, 0) is 42.4 Å². The molecule has 2 aliphatic rings. The SMILES string of the molecule is O[C@@]1(c2ccc(-c3ccccc3)cc2)CCCC(C2=NCCN2)C1. The summed E-state index contributed by atoms with van der Waals surface area (Å²) in [5, 5.41) is 14.6. The van der Waals surface area contributed by atoms with Crippen molar-refractivity contribution in [3.05, 3.63) is 60.2 Å². The summed E-state index contributed by atoms with van der Waals surface area (Å²) in [6.45, 7) is 1.81. The highest BCUT2D eigenvalue weighted by atomic mass is 16.3. The van der Waals surface area contributed by atoms with Gasteiger partial charge in [-0.1, -0.05) is 54.6 Å². The van der Waals surface area contributed by atoms with E-state index in [-0.39, 0.29) is 0 Å². The van der Waals surface area contributed by atoms with Gasteiger partial charge in [0.1, 0.15) is 0 Å². The highest BCUT2D eigenvalue weighted by Gasteiger charge is 2.38. The van der Waals surface area contributed by atoms with E-state index < -0.39 is 5.60 Å². The van der Waals surface area contributed by atoms with E-state index >= 15 is 0 Å². The van der Waals surface area contributed by atoms with E-state index in [1.54, 1.807) is 0 Å². The Bertz CT molecular complexity index is 723. The van der Waals surface area contributed by atoms with E-state index in [4.69, 9.17) is 0 Å². The first kappa shape index (κ1) is 15.4. The Labute approximate surface area is 143 Å². The Kier molecular flexibility index (Phi) is 4.11. The molecular formula is C21H24N2O. The summed E-state index contributed by atoms with van der Waals surface area (Å²) in [5.41, 5.74) is 2.70. The minimum absolute atomic E-state index is 0.361. The number of amidine groups is 1. The minimum Gasteiger partial charge on any atom is -0.385 e. The van der Waals surface area contributed by atoms with Crippen LogP contribution in [0, 0.1) is 5.92 Å². The molecule has 2 N–H and O–H groups in total. The van der Waals surface area contributed by atoms with Crippen LogP contribution < -0.4 is 5.32 Å². The lowest BCUT2D eigenvalue weighted by atomic mass is 9.74. The van der Waals surface area contributed by atoms with Crippen LogP contribution in [0.2, 0.25) is 0 Å². The Morgan fingerprint density at radius 2 is 1.75 bits per heavy atom. The molecule has 0 saturated heterocycles. The Balaban J connectivity index is 1.55. The third-order valence-electron chi connectivity index (χ3n) is 5.34. The van der Waals surface area contributed by atoms with Crippen molar-refractivity contribution in [2.75, 3.05) is 13.1 Å². The second kappa shape index (κ2) is 6.40. The summed E-state index contributed by atoms with van der Waals surface area (Å²) in [6, 6.07) is 18.8. The van der Waals surface area contributed by atoms with Gasteiger partial charge in [-0.3, -0.25) is 4.99 Å². The van der Waals surface area contributed by atoms with Crippen molar-refractivity contribution >= 4 is 5.84 Å². The van der Waals surface area contributed by atoms with Gasteiger partial charge in [-0.15, -0.1) is 0 Å². The molecule has 1 aliphatic heterocycles. The second-order valence-electron chi connectivity index (χ2n) is 6.96. The van der Waals surface area contributed by atoms with Gasteiger partial charge < -0.3 is 10.4 Å². The average Bonchev–Trinajstić information content (AvgIpc) is 3.17. The molecule has 0 radical (unpaired) electrons. The predicted molar refractivity (Wildman–Crippen MR) is 98.0 cm³/mol. The third kappa shape index (κ3) is 2.96. The number of nitrogens with one attached hydrogen (secondary N) is 1. The summed E-state index contributed by atoms with van der Waals surface area (Å²) in [6.07, 6.45) is 3.77. The lowest BCUT2D eigenvalue weighted by Crippen LogP contribution is -2.38. The van der Waals surface area contributed by atoms with Gasteiger partial charge in [-0.25, -0.2) is 0 Å². The lowest BCUT2D eigenvalue weighted by molar-refractivity contribution is -0.0107. The van der Waals surface area contributed by atoms with Gasteiger partial charge in [-0.2, -0.15) is 0 Å². The number of rotatable bonds is 3. The molecule has 2 aromatic rings. The first-order valence-corrected chi connectivity index (χ1v) is 8.91. The topological polar surface area (TPSA) is 44.6 Å². The number of hydrogen-bond donors (Lipinski definition) is 2. The molecule has 0 amide bonds. The van der Waals surface area contributed by atoms with Crippen LogP contribution >= 0.6 is 0 Å². The van der Waals surface area contributed by atoms with Gasteiger partial charge >= 0.3 is 0 Å². The second-order valence-corrected chi connectivity index (χ2v) is 6.96. The summed E-state index contributed by atoms with van der Waals surface area (Å²) >= 11 is 0. The Morgan fingerprint density at radius 3 is 2.46 bits per heavy atom. The number of aliphatic imine (C=N–C) groups is 1. The molecule has 1 heterocycles. The van der Waals surface area contributed by atoms with Crippen LogP contribution in [0.5, 0.6) is 0 Å². The molecule has 1 saturated carbocycles. The van der Waals surface area contributed by atoms with Crippen molar-refractivity contribution in [3.63, 3.8) is 0 Å². The Hall–Kier alpha value is -2.13. The zero-order valence-corrected chi connectivity index (χ0v) is 13.9. The van der Waals surface area contributed by atoms with Gasteiger partial charge in [0.05, 0.1) is 18.0 Å². The van der Waals surface area contributed by atoms with Crippen molar-refractivity contribution in [3.8, 4) is 11.1 Å². The molecule has 1 unspecified atom stereocenters. The fraction of sp³-hybridized carbons (Fsp3) is 0.381. The van der Waals surface area contributed by atoms with Gasteiger partial charge in [0.2, 0.25) is 0 Å². The maximum absolute atomic E-state index is 11.3. The van der Waals surface area contributed by atoms with Crippen LogP contribution in [-0.4, -0.2) is 24.0 Å². The molecule has 0 bridgehead atoms. The van der Waals surface area contributed by atoms with Gasteiger partial charge in [0, 0.05) is 12.5 Å². The first-order valence-electron chi connectivity index (χ1n) is 8.91. The van der Waals surface area contributed by atoms with Crippen LogP contribution in [-0.2, 0) is 5.60 Å². The standard InChI is InChI=1S/C21H24N2O/c24-21(12-4-7-18(15-21)20-22-13-14-23-20)19-10-8-17(9-11-19)16-5-2-1-3-6-16/h1-3,5-6,8-11,18,24H,4,7,12-15H2,(H,22,23)/t18?,21-/m0/s1. The van der Waals surface area contributed by atoms with Crippen LogP contribution in [0.15, 0.2) is 59.6 Å². The van der Waals surface area contributed by atoms with E-state index in [2.05, 4.69) is 58.8 Å². The van der Waals surface area contributed by atoms with E-state index in [1.807, 2.05) is 6.07 Å². The molecule has 1 fully saturated rings. The molecule has 1 aliphatic carbocycles. The normalized spacial score (nSPS) is 26.7. The summed E-state index contributed by atoms with van der Waals surface area (Å²) in [4.78, 5) is 4.57. The maximum Gasteiger partial charge on any atom is 0.0997 e. The smallest absolute Gasteiger partial charge is 0.0997 e. The van der Waals surface area contributed by atoms with Crippen LogP contribution in [0.25, 0.3) is 11.1 Å². The van der Waals surface area contributed by atoms with Crippen molar-refractivity contribution in [2.24, 2.45) is 10.9 Å². The summed E-state index contributed by atoms with van der Waals surface area (Å²) in [7, 11) is 0. The third-order valence-corrected chi connectivity index (χ3v) is 5.34. The average molecular weight is 320 g/mol. The Morgan fingerprint density at radius 1 is 1.00 bits per heavy atom. The van der Waals surface area contributed by atoms with E-state index in [0.29, 0.717) is 5.92 Å².